The Labute approximate surface area is 155 Å². The first kappa shape index (κ1) is 18.8. The number of nitrogens with one attached hydrogen (secondary N) is 2. The summed E-state index contributed by atoms with van der Waals surface area (Å²) in [6, 6.07) is 7.69. The van der Waals surface area contributed by atoms with E-state index in [1.807, 2.05) is 42.7 Å². The molecule has 0 bridgehead atoms. The summed E-state index contributed by atoms with van der Waals surface area (Å²) in [4.78, 5) is 15.8. The van der Waals surface area contributed by atoms with Gasteiger partial charge in [-0.25, -0.2) is 9.29 Å². The van der Waals surface area contributed by atoms with Crippen molar-refractivity contribution in [3.63, 3.8) is 0 Å². The summed E-state index contributed by atoms with van der Waals surface area (Å²) in [5, 5.41) is 4.21. The van der Waals surface area contributed by atoms with Crippen LogP contribution in [0.3, 0.4) is 0 Å². The Kier molecular flexibility index (Phi) is 6.87. The maximum Gasteiger partial charge on any atom is 0.276 e. The second-order valence-electron chi connectivity index (χ2n) is 5.16. The van der Waals surface area contributed by atoms with E-state index in [2.05, 4.69) is 15.0 Å². The van der Waals surface area contributed by atoms with Crippen LogP contribution in [0, 0.1) is 0 Å². The molecule has 0 spiro atoms. The highest BCUT2D eigenvalue weighted by atomic mass is 32.2. The van der Waals surface area contributed by atoms with Crippen molar-refractivity contribution < 1.29 is 4.79 Å². The Hall–Kier alpha value is -2.49. The van der Waals surface area contributed by atoms with Crippen LogP contribution in [0.15, 0.2) is 53.1 Å². The first-order valence-corrected chi connectivity index (χ1v) is 9.00. The minimum atomic E-state index is -0.353. The van der Waals surface area contributed by atoms with E-state index in [9.17, 15) is 4.79 Å². The zero-order valence-electron chi connectivity index (χ0n) is 13.9. The van der Waals surface area contributed by atoms with E-state index in [1.165, 1.54) is 23.5 Å². The Morgan fingerprint density at radius 1 is 1.32 bits per heavy atom. The average molecular weight is 377 g/mol. The molecule has 1 amide bonds. The van der Waals surface area contributed by atoms with Crippen molar-refractivity contribution in [2.45, 2.75) is 0 Å². The highest BCUT2D eigenvalue weighted by Crippen LogP contribution is 2.18. The fourth-order valence-corrected chi connectivity index (χ4v) is 2.69. The van der Waals surface area contributed by atoms with Gasteiger partial charge in [-0.3, -0.25) is 4.79 Å². The lowest BCUT2D eigenvalue weighted by molar-refractivity contribution is 0.0961. The number of benzene rings is 1. The van der Waals surface area contributed by atoms with Crippen molar-refractivity contribution in [2.24, 2.45) is 11.5 Å². The molecule has 25 heavy (non-hydrogen) atoms. The zero-order valence-corrected chi connectivity index (χ0v) is 15.5. The van der Waals surface area contributed by atoms with Crippen LogP contribution in [-0.4, -0.2) is 29.3 Å². The maximum atomic E-state index is 11.8. The van der Waals surface area contributed by atoms with E-state index in [1.54, 1.807) is 23.0 Å². The molecule has 2 aromatic rings. The lowest BCUT2D eigenvalue weighted by Gasteiger charge is -2.11. The second kappa shape index (κ2) is 9.11. The van der Waals surface area contributed by atoms with Gasteiger partial charge in [0.15, 0.2) is 0 Å². The molecule has 7 nitrogen and oxygen atoms in total. The minimum Gasteiger partial charge on any atom is -0.398 e. The van der Waals surface area contributed by atoms with Gasteiger partial charge in [-0.15, -0.1) is 11.3 Å². The van der Waals surface area contributed by atoms with Gasteiger partial charge in [0.1, 0.15) is 11.5 Å². The fourth-order valence-electron chi connectivity index (χ4n) is 1.74. The number of nitrogens with two attached hydrogens (primary N) is 2. The molecular weight excluding hydrogens is 356 g/mol. The number of carbonyl (C=O) groups excluding carboxylic acids is 1. The third-order valence-corrected chi connectivity index (χ3v) is 4.19. The van der Waals surface area contributed by atoms with Gasteiger partial charge in [0, 0.05) is 28.9 Å². The number of anilines is 1. The van der Waals surface area contributed by atoms with Crippen molar-refractivity contribution in [3.8, 4) is 0 Å². The lowest BCUT2D eigenvalue weighted by atomic mass is 10.1. The summed E-state index contributed by atoms with van der Waals surface area (Å²) in [6.07, 6.45) is 3.20. The van der Waals surface area contributed by atoms with Crippen LogP contribution in [0.2, 0.25) is 0 Å². The number of allylic oxidation sites excluding steroid dienone is 2. The molecule has 1 aromatic heterocycles. The summed E-state index contributed by atoms with van der Waals surface area (Å²) >= 11 is 2.81. The molecule has 0 aliphatic rings. The summed E-state index contributed by atoms with van der Waals surface area (Å²) in [7, 11) is 3.90. The van der Waals surface area contributed by atoms with Crippen LogP contribution in [0.25, 0.3) is 5.70 Å². The summed E-state index contributed by atoms with van der Waals surface area (Å²) in [5.74, 6) is -0.160. The SMILES string of the molecule is CN(C)SNc1cccc(/C(N)=C/C=C(\N)NC(=O)c2cscn2)c1. The van der Waals surface area contributed by atoms with Crippen LogP contribution < -0.4 is 21.5 Å². The predicted molar refractivity (Wildman–Crippen MR) is 105 cm³/mol. The molecule has 2 rings (SSSR count). The molecule has 132 valence electrons. The molecule has 0 saturated carbocycles. The maximum absolute atomic E-state index is 11.8. The molecule has 0 radical (unpaired) electrons. The number of aromatic nitrogens is 1. The molecule has 6 N–H and O–H groups in total. The number of thiazole rings is 1. The van der Waals surface area contributed by atoms with E-state index < -0.39 is 0 Å². The molecule has 9 heteroatoms. The molecule has 0 unspecified atom stereocenters. The number of nitrogens with zero attached hydrogens (tertiary/aromatic N) is 2. The largest absolute Gasteiger partial charge is 0.398 e. The van der Waals surface area contributed by atoms with Crippen LogP contribution in [0.1, 0.15) is 16.1 Å². The smallest absolute Gasteiger partial charge is 0.276 e. The van der Waals surface area contributed by atoms with E-state index in [0.717, 1.165) is 11.3 Å². The van der Waals surface area contributed by atoms with Crippen molar-refractivity contribution >= 4 is 40.8 Å². The van der Waals surface area contributed by atoms with E-state index >= 15 is 0 Å². The quantitative estimate of drug-likeness (QED) is 0.433. The summed E-state index contributed by atoms with van der Waals surface area (Å²) < 4.78 is 5.15. The first-order chi connectivity index (χ1) is 12.0. The van der Waals surface area contributed by atoms with Gasteiger partial charge in [0.05, 0.1) is 5.51 Å². The van der Waals surface area contributed by atoms with Crippen LogP contribution in [-0.2, 0) is 0 Å². The molecule has 1 aromatic carbocycles. The van der Waals surface area contributed by atoms with E-state index in [0.29, 0.717) is 11.4 Å². The fraction of sp³-hybridized carbons (Fsp3) is 0.125. The van der Waals surface area contributed by atoms with E-state index in [4.69, 9.17) is 11.5 Å². The van der Waals surface area contributed by atoms with Gasteiger partial charge in [0.2, 0.25) is 0 Å². The Bertz CT molecular complexity index is 771. The Morgan fingerprint density at radius 3 is 2.80 bits per heavy atom. The molecule has 0 atom stereocenters. The van der Waals surface area contributed by atoms with Crippen LogP contribution >= 0.6 is 23.5 Å². The van der Waals surface area contributed by atoms with Gasteiger partial charge in [0.25, 0.3) is 5.91 Å². The molecular formula is C16H20N6OS2. The minimum absolute atomic E-state index is 0.193. The lowest BCUT2D eigenvalue weighted by Crippen LogP contribution is -2.27. The molecule has 0 saturated heterocycles. The van der Waals surface area contributed by atoms with E-state index in [-0.39, 0.29) is 11.7 Å². The number of hydrogen-bond acceptors (Lipinski definition) is 8. The highest BCUT2D eigenvalue weighted by Gasteiger charge is 2.07. The molecule has 0 fully saturated rings. The van der Waals surface area contributed by atoms with Crippen molar-refractivity contribution in [1.82, 2.24) is 14.6 Å². The predicted octanol–water partition coefficient (Wildman–Crippen LogP) is 2.21. The van der Waals surface area contributed by atoms with Gasteiger partial charge in [-0.1, -0.05) is 12.1 Å². The molecule has 0 aliphatic heterocycles. The summed E-state index contributed by atoms with van der Waals surface area (Å²) in [6.45, 7) is 0. The Morgan fingerprint density at radius 2 is 2.12 bits per heavy atom. The average Bonchev–Trinajstić information content (AvgIpc) is 3.13. The topological polar surface area (TPSA) is 109 Å². The van der Waals surface area contributed by atoms with Crippen molar-refractivity contribution in [1.29, 1.82) is 0 Å². The highest BCUT2D eigenvalue weighted by molar-refractivity contribution is 7.98. The standard InChI is InChI=1S/C16H20N6OS2/c1-22(2)25-21-12-5-3-4-11(8-12)13(17)6-7-15(18)20-16(23)14-9-24-10-19-14/h3-10,21H,17-18H2,1-2H3,(H,20,23)/b13-6-,15-7+. The zero-order chi connectivity index (χ0) is 18.2. The van der Waals surface area contributed by atoms with Gasteiger partial charge in [-0.05, 0) is 43.9 Å². The van der Waals surface area contributed by atoms with Crippen molar-refractivity contribution in [3.05, 3.63) is 64.4 Å². The first-order valence-electron chi connectivity index (χ1n) is 7.29. The third kappa shape index (κ3) is 6.14. The number of hydrogen-bond donors (Lipinski definition) is 4. The second-order valence-corrected chi connectivity index (χ2v) is 6.99. The normalized spacial score (nSPS) is 12.3. The third-order valence-electron chi connectivity index (χ3n) is 2.91. The summed E-state index contributed by atoms with van der Waals surface area (Å²) in [5.41, 5.74) is 16.1. The monoisotopic (exact) mass is 376 g/mol. The van der Waals surface area contributed by atoms with Crippen LogP contribution in [0.4, 0.5) is 5.69 Å². The van der Waals surface area contributed by atoms with Gasteiger partial charge in [-0.2, -0.15) is 0 Å². The Balaban J connectivity index is 2.02. The molecule has 0 aliphatic carbocycles. The number of amides is 1. The van der Waals surface area contributed by atoms with Crippen LogP contribution in [0.5, 0.6) is 0 Å². The van der Waals surface area contributed by atoms with Gasteiger partial charge >= 0.3 is 0 Å². The number of rotatable bonds is 7. The number of carbonyl (C=O) groups is 1. The van der Waals surface area contributed by atoms with Crippen molar-refractivity contribution in [2.75, 3.05) is 18.8 Å². The van der Waals surface area contributed by atoms with Gasteiger partial charge < -0.3 is 21.5 Å². The molecule has 1 heterocycles.